The number of nitrogens with one attached hydrogen (secondary N) is 2. The van der Waals surface area contributed by atoms with Crippen molar-refractivity contribution in [3.05, 3.63) is 64.7 Å². The van der Waals surface area contributed by atoms with E-state index in [1.807, 2.05) is 0 Å². The van der Waals surface area contributed by atoms with Crippen molar-refractivity contribution in [3.63, 3.8) is 0 Å². The summed E-state index contributed by atoms with van der Waals surface area (Å²) >= 11 is 5.71. The third-order valence-corrected chi connectivity index (χ3v) is 4.52. The van der Waals surface area contributed by atoms with Gasteiger partial charge in [-0.3, -0.25) is 0 Å². The first-order chi connectivity index (χ1) is 13.6. The number of piperazine rings is 1. The summed E-state index contributed by atoms with van der Waals surface area (Å²) in [6.45, 7) is 7.32. The van der Waals surface area contributed by atoms with E-state index in [0.717, 1.165) is 26.2 Å². The van der Waals surface area contributed by atoms with Crippen LogP contribution in [0.15, 0.2) is 48.5 Å². The Hall–Kier alpha value is -2.22. The maximum Gasteiger partial charge on any atom is 0.347 e. The summed E-state index contributed by atoms with van der Waals surface area (Å²) in [5, 5.41) is 15.8. The van der Waals surface area contributed by atoms with Crippen molar-refractivity contribution in [3.8, 4) is 5.75 Å². The maximum absolute atomic E-state index is 14.4. The molecule has 0 amide bonds. The molecule has 1 heterocycles. The Labute approximate surface area is 174 Å². The van der Waals surface area contributed by atoms with Crippen LogP contribution >= 0.6 is 11.6 Å². The standard InChI is InChI=1S/C17H15ClF2O3.C4H10N2/c1-16(2,15(21)22)23-14-9-5-12(6-10-14)17(19,20)11-3-7-13(18)8-4-11;1-2-6-4-3-5-1/h3-10H,1-2H3,(H,21,22);5-6H,1-4H2. The number of rotatable bonds is 5. The van der Waals surface area contributed by atoms with Crippen molar-refractivity contribution < 1.29 is 23.4 Å². The third kappa shape index (κ3) is 6.66. The van der Waals surface area contributed by atoms with Gasteiger partial charge in [0.1, 0.15) is 5.75 Å². The van der Waals surface area contributed by atoms with E-state index in [0.29, 0.717) is 5.02 Å². The van der Waals surface area contributed by atoms with Crippen molar-refractivity contribution in [1.29, 1.82) is 0 Å². The fourth-order valence-corrected chi connectivity index (χ4v) is 2.63. The fourth-order valence-electron chi connectivity index (χ4n) is 2.50. The molecule has 1 fully saturated rings. The lowest BCUT2D eigenvalue weighted by Gasteiger charge is -2.22. The van der Waals surface area contributed by atoms with E-state index in [1.165, 1.54) is 62.4 Å². The second-order valence-corrected chi connectivity index (χ2v) is 7.46. The summed E-state index contributed by atoms with van der Waals surface area (Å²) in [6.07, 6.45) is 0. The molecule has 1 aliphatic rings. The van der Waals surface area contributed by atoms with Gasteiger partial charge in [0, 0.05) is 42.3 Å². The van der Waals surface area contributed by atoms with Crippen LogP contribution in [0.2, 0.25) is 5.02 Å². The molecule has 2 aromatic carbocycles. The Bertz CT molecular complexity index is 781. The first-order valence-corrected chi connectivity index (χ1v) is 9.59. The molecule has 0 aliphatic carbocycles. The van der Waals surface area contributed by atoms with Gasteiger partial charge in [-0.2, -0.15) is 8.78 Å². The van der Waals surface area contributed by atoms with Crippen LogP contribution in [0.1, 0.15) is 25.0 Å². The molecule has 0 aromatic heterocycles. The molecule has 1 saturated heterocycles. The second kappa shape index (κ2) is 10.0. The Morgan fingerprint density at radius 2 is 1.34 bits per heavy atom. The molecule has 158 valence electrons. The predicted octanol–water partition coefficient (Wildman–Crippen LogP) is 3.90. The third-order valence-electron chi connectivity index (χ3n) is 4.27. The zero-order valence-corrected chi connectivity index (χ0v) is 17.1. The molecule has 2 aromatic rings. The van der Waals surface area contributed by atoms with Crippen molar-refractivity contribution in [2.75, 3.05) is 26.2 Å². The minimum atomic E-state index is -3.19. The van der Waals surface area contributed by atoms with Crippen LogP contribution in [0.25, 0.3) is 0 Å². The Morgan fingerprint density at radius 1 is 0.931 bits per heavy atom. The topological polar surface area (TPSA) is 70.6 Å². The van der Waals surface area contributed by atoms with E-state index >= 15 is 0 Å². The summed E-state index contributed by atoms with van der Waals surface area (Å²) in [5.74, 6) is -4.13. The number of halogens is 3. The van der Waals surface area contributed by atoms with Gasteiger partial charge in [-0.1, -0.05) is 23.7 Å². The second-order valence-electron chi connectivity index (χ2n) is 7.02. The lowest BCUT2D eigenvalue weighted by atomic mass is 10.0. The normalized spacial score (nSPS) is 14.5. The fraction of sp³-hybridized carbons (Fsp3) is 0.381. The number of carbonyl (C=O) groups is 1. The zero-order valence-electron chi connectivity index (χ0n) is 16.3. The number of alkyl halides is 2. The number of ether oxygens (including phenoxy) is 1. The van der Waals surface area contributed by atoms with Crippen LogP contribution in [0, 0.1) is 0 Å². The monoisotopic (exact) mass is 426 g/mol. The zero-order chi connectivity index (χ0) is 21.5. The summed E-state index contributed by atoms with van der Waals surface area (Å²) < 4.78 is 34.2. The van der Waals surface area contributed by atoms with Crippen LogP contribution in [0.5, 0.6) is 5.75 Å². The highest BCUT2D eigenvalue weighted by atomic mass is 35.5. The number of carboxylic acids is 1. The molecule has 29 heavy (non-hydrogen) atoms. The maximum atomic E-state index is 14.4. The molecule has 0 atom stereocenters. The molecule has 3 rings (SSSR count). The molecule has 0 bridgehead atoms. The molecular weight excluding hydrogens is 402 g/mol. The number of benzene rings is 2. The number of aliphatic carboxylic acids is 1. The smallest absolute Gasteiger partial charge is 0.347 e. The van der Waals surface area contributed by atoms with Crippen molar-refractivity contribution in [2.45, 2.75) is 25.4 Å². The minimum Gasteiger partial charge on any atom is -0.478 e. The van der Waals surface area contributed by atoms with Gasteiger partial charge in [-0.05, 0) is 50.2 Å². The summed E-state index contributed by atoms with van der Waals surface area (Å²) in [6, 6.07) is 10.4. The predicted molar refractivity (Wildman–Crippen MR) is 109 cm³/mol. The molecule has 8 heteroatoms. The molecule has 0 radical (unpaired) electrons. The van der Waals surface area contributed by atoms with E-state index in [-0.39, 0.29) is 16.9 Å². The molecule has 5 nitrogen and oxygen atoms in total. The first-order valence-electron chi connectivity index (χ1n) is 9.21. The van der Waals surface area contributed by atoms with E-state index in [9.17, 15) is 13.6 Å². The summed E-state index contributed by atoms with van der Waals surface area (Å²) in [5.41, 5.74) is -1.85. The molecular formula is C21H25ClF2N2O3. The molecule has 1 aliphatic heterocycles. The average Bonchev–Trinajstić information content (AvgIpc) is 2.70. The van der Waals surface area contributed by atoms with Crippen LogP contribution in [0.3, 0.4) is 0 Å². The number of hydrogen-bond acceptors (Lipinski definition) is 4. The number of carboxylic acid groups (broad SMARTS) is 1. The van der Waals surface area contributed by atoms with E-state index in [4.69, 9.17) is 21.4 Å². The first kappa shape index (κ1) is 23.1. The van der Waals surface area contributed by atoms with Crippen LogP contribution in [-0.4, -0.2) is 42.9 Å². The molecule has 3 N–H and O–H groups in total. The molecule has 0 saturated carbocycles. The largest absolute Gasteiger partial charge is 0.478 e. The SMILES string of the molecule is C1CNCCN1.CC(C)(Oc1ccc(C(F)(F)c2ccc(Cl)cc2)cc1)C(=O)O. The Kier molecular flexibility index (Phi) is 7.96. The van der Waals surface area contributed by atoms with Gasteiger partial charge in [0.15, 0.2) is 5.60 Å². The van der Waals surface area contributed by atoms with Gasteiger partial charge in [-0.15, -0.1) is 0 Å². The van der Waals surface area contributed by atoms with Gasteiger partial charge in [0.05, 0.1) is 0 Å². The van der Waals surface area contributed by atoms with Gasteiger partial charge in [0.2, 0.25) is 0 Å². The summed E-state index contributed by atoms with van der Waals surface area (Å²) in [4.78, 5) is 11.0. The average molecular weight is 427 g/mol. The van der Waals surface area contributed by atoms with E-state index in [1.54, 1.807) is 0 Å². The van der Waals surface area contributed by atoms with Gasteiger partial charge >= 0.3 is 5.97 Å². The molecule has 0 spiro atoms. The Morgan fingerprint density at radius 3 is 1.72 bits per heavy atom. The van der Waals surface area contributed by atoms with E-state index < -0.39 is 17.5 Å². The molecule has 0 unspecified atom stereocenters. The summed E-state index contributed by atoms with van der Waals surface area (Å²) in [7, 11) is 0. The lowest BCUT2D eigenvalue weighted by Crippen LogP contribution is -2.39. The van der Waals surface area contributed by atoms with Gasteiger partial charge in [-0.25, -0.2) is 4.79 Å². The van der Waals surface area contributed by atoms with Crippen molar-refractivity contribution in [1.82, 2.24) is 10.6 Å². The minimum absolute atomic E-state index is 0.179. The van der Waals surface area contributed by atoms with Gasteiger partial charge in [0.25, 0.3) is 5.92 Å². The lowest BCUT2D eigenvalue weighted by molar-refractivity contribution is -0.152. The Balaban J connectivity index is 0.000000426. The highest BCUT2D eigenvalue weighted by molar-refractivity contribution is 6.30. The van der Waals surface area contributed by atoms with E-state index in [2.05, 4.69) is 10.6 Å². The van der Waals surface area contributed by atoms with Crippen molar-refractivity contribution in [2.24, 2.45) is 0 Å². The van der Waals surface area contributed by atoms with Crippen LogP contribution in [0.4, 0.5) is 8.78 Å². The number of hydrogen-bond donors (Lipinski definition) is 3. The van der Waals surface area contributed by atoms with Gasteiger partial charge < -0.3 is 20.5 Å². The van der Waals surface area contributed by atoms with Crippen molar-refractivity contribution >= 4 is 17.6 Å². The van der Waals surface area contributed by atoms with Crippen LogP contribution in [-0.2, 0) is 10.7 Å². The van der Waals surface area contributed by atoms with Crippen LogP contribution < -0.4 is 15.4 Å². The highest BCUT2D eigenvalue weighted by Crippen LogP contribution is 2.37. The highest BCUT2D eigenvalue weighted by Gasteiger charge is 2.34. The quantitative estimate of drug-likeness (QED) is 0.676.